The van der Waals surface area contributed by atoms with Crippen molar-refractivity contribution < 1.29 is 13.9 Å². The Hall–Kier alpha value is -2.12. The fourth-order valence-corrected chi connectivity index (χ4v) is 2.94. The number of hydrogen-bond donors (Lipinski definition) is 1. The highest BCUT2D eigenvalue weighted by molar-refractivity contribution is 5.95. The number of carbonyl (C=O) groups excluding carboxylic acids is 1. The summed E-state index contributed by atoms with van der Waals surface area (Å²) in [5.41, 5.74) is 1.46. The van der Waals surface area contributed by atoms with Crippen LogP contribution in [-0.4, -0.2) is 53.4 Å². The molecule has 1 unspecified atom stereocenters. The van der Waals surface area contributed by atoms with E-state index in [1.165, 1.54) is 0 Å². The standard InChI is InChI=1S/C17H24N4O3/c1-12-4-5-16(24-12)15(21-6-8-23-9-7-21)11-18-17(22)14-10-19-20(3)13(14)2/h4-5,10,15H,6-9,11H2,1-3H3,(H,18,22). The predicted octanol–water partition coefficient (Wildman–Crippen LogP) is 1.43. The number of hydrogen-bond acceptors (Lipinski definition) is 5. The average Bonchev–Trinajstić information content (AvgIpc) is 3.15. The summed E-state index contributed by atoms with van der Waals surface area (Å²) in [7, 11) is 1.83. The molecule has 1 N–H and O–H groups in total. The second-order valence-corrected chi connectivity index (χ2v) is 6.09. The minimum absolute atomic E-state index is 0.00327. The number of carbonyl (C=O) groups is 1. The van der Waals surface area contributed by atoms with Gasteiger partial charge in [0.15, 0.2) is 0 Å². The van der Waals surface area contributed by atoms with Crippen molar-refractivity contribution in [2.45, 2.75) is 19.9 Å². The van der Waals surface area contributed by atoms with E-state index in [0.29, 0.717) is 25.3 Å². The molecule has 1 saturated heterocycles. The third-order valence-corrected chi connectivity index (χ3v) is 4.51. The Morgan fingerprint density at radius 2 is 2.08 bits per heavy atom. The number of rotatable bonds is 5. The minimum atomic E-state index is -0.109. The summed E-state index contributed by atoms with van der Waals surface area (Å²) in [4.78, 5) is 14.8. The largest absolute Gasteiger partial charge is 0.465 e. The van der Waals surface area contributed by atoms with Crippen LogP contribution in [0.1, 0.15) is 33.6 Å². The lowest BCUT2D eigenvalue weighted by Crippen LogP contribution is -2.43. The molecule has 0 radical (unpaired) electrons. The summed E-state index contributed by atoms with van der Waals surface area (Å²) >= 11 is 0. The van der Waals surface area contributed by atoms with Crippen molar-refractivity contribution in [1.29, 1.82) is 0 Å². The summed E-state index contributed by atoms with van der Waals surface area (Å²) in [5.74, 6) is 1.64. The van der Waals surface area contributed by atoms with Crippen molar-refractivity contribution in [2.24, 2.45) is 7.05 Å². The Kier molecular flexibility index (Phi) is 5.01. The Balaban J connectivity index is 1.71. The van der Waals surface area contributed by atoms with Gasteiger partial charge >= 0.3 is 0 Å². The van der Waals surface area contributed by atoms with E-state index in [4.69, 9.17) is 9.15 Å². The molecule has 0 bridgehead atoms. The maximum Gasteiger partial charge on any atom is 0.254 e. The molecule has 0 aromatic carbocycles. The Morgan fingerprint density at radius 3 is 2.67 bits per heavy atom. The minimum Gasteiger partial charge on any atom is -0.465 e. The van der Waals surface area contributed by atoms with Crippen molar-refractivity contribution >= 4 is 5.91 Å². The van der Waals surface area contributed by atoms with Gasteiger partial charge in [0.2, 0.25) is 0 Å². The first-order chi connectivity index (χ1) is 11.6. The maximum absolute atomic E-state index is 12.5. The highest BCUT2D eigenvalue weighted by Gasteiger charge is 2.26. The molecule has 0 spiro atoms. The number of morpholine rings is 1. The fourth-order valence-electron chi connectivity index (χ4n) is 2.94. The molecule has 7 heteroatoms. The van der Waals surface area contributed by atoms with E-state index < -0.39 is 0 Å². The van der Waals surface area contributed by atoms with E-state index in [1.54, 1.807) is 10.9 Å². The molecule has 1 fully saturated rings. The third kappa shape index (κ3) is 3.52. The van der Waals surface area contributed by atoms with E-state index in [2.05, 4.69) is 15.3 Å². The summed E-state index contributed by atoms with van der Waals surface area (Å²) in [6.07, 6.45) is 1.60. The number of aromatic nitrogens is 2. The second kappa shape index (κ2) is 7.19. The van der Waals surface area contributed by atoms with Crippen molar-refractivity contribution in [2.75, 3.05) is 32.8 Å². The van der Waals surface area contributed by atoms with Crippen LogP contribution in [0.2, 0.25) is 0 Å². The lowest BCUT2D eigenvalue weighted by atomic mass is 10.1. The first-order valence-corrected chi connectivity index (χ1v) is 8.21. The van der Waals surface area contributed by atoms with E-state index >= 15 is 0 Å². The zero-order valence-electron chi connectivity index (χ0n) is 14.4. The normalized spacial score (nSPS) is 17.0. The number of amides is 1. The van der Waals surface area contributed by atoms with Gasteiger partial charge in [-0.3, -0.25) is 14.4 Å². The van der Waals surface area contributed by atoms with Gasteiger partial charge in [-0.15, -0.1) is 0 Å². The second-order valence-electron chi connectivity index (χ2n) is 6.09. The van der Waals surface area contributed by atoms with Gasteiger partial charge in [-0.1, -0.05) is 0 Å². The van der Waals surface area contributed by atoms with Gasteiger partial charge in [0, 0.05) is 32.4 Å². The fraction of sp³-hybridized carbons (Fsp3) is 0.529. The average molecular weight is 332 g/mol. The van der Waals surface area contributed by atoms with Gasteiger partial charge in [0.25, 0.3) is 5.91 Å². The number of nitrogens with one attached hydrogen (secondary N) is 1. The van der Waals surface area contributed by atoms with Crippen LogP contribution in [0, 0.1) is 13.8 Å². The Bertz CT molecular complexity index is 701. The zero-order chi connectivity index (χ0) is 17.1. The first-order valence-electron chi connectivity index (χ1n) is 8.21. The van der Waals surface area contributed by atoms with Crippen LogP contribution in [0.4, 0.5) is 0 Å². The molecular weight excluding hydrogens is 308 g/mol. The van der Waals surface area contributed by atoms with E-state index in [-0.39, 0.29) is 11.9 Å². The summed E-state index contributed by atoms with van der Waals surface area (Å²) in [5, 5.41) is 7.15. The Labute approximate surface area is 141 Å². The van der Waals surface area contributed by atoms with Gasteiger partial charge in [0.05, 0.1) is 31.0 Å². The SMILES string of the molecule is Cc1ccc(C(CNC(=O)c2cnn(C)c2C)N2CCOCC2)o1. The maximum atomic E-state index is 12.5. The van der Waals surface area contributed by atoms with Crippen LogP contribution < -0.4 is 5.32 Å². The van der Waals surface area contributed by atoms with Gasteiger partial charge in [-0.25, -0.2) is 0 Å². The summed E-state index contributed by atoms with van der Waals surface area (Å²) in [6, 6.07) is 3.94. The molecule has 0 saturated carbocycles. The smallest absolute Gasteiger partial charge is 0.254 e. The van der Waals surface area contributed by atoms with Crippen molar-refractivity contribution in [3.8, 4) is 0 Å². The molecule has 0 aliphatic carbocycles. The monoisotopic (exact) mass is 332 g/mol. The highest BCUT2D eigenvalue weighted by atomic mass is 16.5. The van der Waals surface area contributed by atoms with Crippen LogP contribution >= 0.6 is 0 Å². The summed E-state index contributed by atoms with van der Waals surface area (Å²) < 4.78 is 12.9. The molecule has 3 heterocycles. The highest BCUT2D eigenvalue weighted by Crippen LogP contribution is 2.23. The van der Waals surface area contributed by atoms with Crippen molar-refractivity contribution in [3.05, 3.63) is 41.1 Å². The van der Waals surface area contributed by atoms with Gasteiger partial charge in [0.1, 0.15) is 11.5 Å². The summed E-state index contributed by atoms with van der Waals surface area (Å²) in [6.45, 7) is 7.35. The van der Waals surface area contributed by atoms with Gasteiger partial charge in [-0.05, 0) is 26.0 Å². The van der Waals surface area contributed by atoms with Crippen molar-refractivity contribution in [1.82, 2.24) is 20.0 Å². The van der Waals surface area contributed by atoms with Crippen LogP contribution in [0.25, 0.3) is 0 Å². The number of nitrogens with zero attached hydrogens (tertiary/aromatic N) is 3. The first kappa shape index (κ1) is 16.7. The molecule has 1 aliphatic rings. The predicted molar refractivity (Wildman–Crippen MR) is 88.9 cm³/mol. The van der Waals surface area contributed by atoms with E-state index in [9.17, 15) is 4.79 Å². The molecule has 1 aliphatic heterocycles. The molecule has 1 atom stereocenters. The lowest BCUT2D eigenvalue weighted by molar-refractivity contribution is 0.0117. The number of ether oxygens (including phenoxy) is 1. The third-order valence-electron chi connectivity index (χ3n) is 4.51. The van der Waals surface area contributed by atoms with Crippen LogP contribution in [0.5, 0.6) is 0 Å². The van der Waals surface area contributed by atoms with Gasteiger partial charge < -0.3 is 14.5 Å². The molecule has 7 nitrogen and oxygen atoms in total. The van der Waals surface area contributed by atoms with Crippen LogP contribution in [0.3, 0.4) is 0 Å². The number of furan rings is 1. The molecule has 24 heavy (non-hydrogen) atoms. The van der Waals surface area contributed by atoms with Gasteiger partial charge in [-0.2, -0.15) is 5.10 Å². The zero-order valence-corrected chi connectivity index (χ0v) is 14.4. The van der Waals surface area contributed by atoms with Crippen LogP contribution in [-0.2, 0) is 11.8 Å². The molecule has 2 aromatic rings. The topological polar surface area (TPSA) is 72.5 Å². The van der Waals surface area contributed by atoms with Crippen molar-refractivity contribution in [3.63, 3.8) is 0 Å². The molecule has 3 rings (SSSR count). The molecule has 2 aromatic heterocycles. The molecule has 130 valence electrons. The van der Waals surface area contributed by atoms with Crippen LogP contribution in [0.15, 0.2) is 22.7 Å². The molecular formula is C17H24N4O3. The lowest BCUT2D eigenvalue weighted by Gasteiger charge is -2.33. The Morgan fingerprint density at radius 1 is 1.33 bits per heavy atom. The molecule has 1 amide bonds. The quantitative estimate of drug-likeness (QED) is 0.897. The van der Waals surface area contributed by atoms with E-state index in [1.807, 2.05) is 33.0 Å². The number of aryl methyl sites for hydroxylation is 2. The van der Waals surface area contributed by atoms with E-state index in [0.717, 1.165) is 30.3 Å².